The molecule has 0 bridgehead atoms. The molecular formula is C16H19F3N4O2. The summed E-state index contributed by atoms with van der Waals surface area (Å²) in [5.74, 6) is -0.802. The first-order valence-electron chi connectivity index (χ1n) is 7.72. The molecule has 0 aliphatic carbocycles. The molecule has 2 rings (SSSR count). The number of piperazine rings is 1. The van der Waals surface area contributed by atoms with Crippen LogP contribution in [0.15, 0.2) is 18.2 Å². The van der Waals surface area contributed by atoms with Gasteiger partial charge in [0.1, 0.15) is 0 Å². The highest BCUT2D eigenvalue weighted by Crippen LogP contribution is 2.33. The number of amides is 1. The lowest BCUT2D eigenvalue weighted by Crippen LogP contribution is -2.54. The van der Waals surface area contributed by atoms with Crippen LogP contribution in [0.2, 0.25) is 0 Å². The van der Waals surface area contributed by atoms with Crippen molar-refractivity contribution in [2.45, 2.75) is 18.7 Å². The maximum atomic E-state index is 13.0. The molecule has 9 heteroatoms. The Morgan fingerprint density at radius 1 is 1.40 bits per heavy atom. The minimum atomic E-state index is -4.71. The number of hydrogen-bond donors (Lipinski definition) is 3. The monoisotopic (exact) mass is 356 g/mol. The van der Waals surface area contributed by atoms with Gasteiger partial charge in [0, 0.05) is 38.4 Å². The number of alkyl halides is 3. The van der Waals surface area contributed by atoms with Crippen molar-refractivity contribution in [1.82, 2.24) is 10.2 Å². The number of carbonyl (C=O) groups is 1. The molecule has 1 unspecified atom stereocenters. The van der Waals surface area contributed by atoms with Gasteiger partial charge in [-0.15, -0.1) is 0 Å². The summed E-state index contributed by atoms with van der Waals surface area (Å²) in [7, 11) is 0. The van der Waals surface area contributed by atoms with E-state index in [4.69, 9.17) is 5.26 Å². The summed E-state index contributed by atoms with van der Waals surface area (Å²) >= 11 is 0. The number of nitrogens with one attached hydrogen (secondary N) is 2. The molecule has 6 nitrogen and oxygen atoms in total. The van der Waals surface area contributed by atoms with Gasteiger partial charge in [-0.2, -0.15) is 18.4 Å². The molecule has 1 heterocycles. The van der Waals surface area contributed by atoms with Crippen LogP contribution >= 0.6 is 0 Å². The fourth-order valence-corrected chi connectivity index (χ4v) is 2.60. The van der Waals surface area contributed by atoms with Gasteiger partial charge < -0.3 is 15.7 Å². The summed E-state index contributed by atoms with van der Waals surface area (Å²) in [5, 5.41) is 24.6. The fraction of sp³-hybridized carbons (Fsp3) is 0.500. The molecular weight excluding hydrogens is 337 g/mol. The highest BCUT2D eigenvalue weighted by Gasteiger charge is 2.36. The normalized spacial score (nSPS) is 18.2. The van der Waals surface area contributed by atoms with Gasteiger partial charge in [0.25, 0.3) is 5.91 Å². The van der Waals surface area contributed by atoms with E-state index in [-0.39, 0.29) is 12.2 Å². The Balaban J connectivity index is 2.12. The molecule has 1 atom stereocenters. The molecule has 1 saturated heterocycles. The minimum absolute atomic E-state index is 0.0723. The van der Waals surface area contributed by atoms with Crippen LogP contribution < -0.4 is 10.6 Å². The lowest BCUT2D eigenvalue weighted by Gasteiger charge is -2.33. The maximum Gasteiger partial charge on any atom is 0.417 e. The van der Waals surface area contributed by atoms with Crippen LogP contribution in [0, 0.1) is 11.3 Å². The van der Waals surface area contributed by atoms with E-state index in [1.807, 2.05) is 4.90 Å². The SMILES string of the molecule is CC(O)(CN1CCNCC1)C(=O)Nc1ccc(C#N)c(C(F)(F)F)c1. The van der Waals surface area contributed by atoms with Crippen LogP contribution in [-0.4, -0.2) is 54.2 Å². The van der Waals surface area contributed by atoms with E-state index in [1.165, 1.54) is 19.1 Å². The van der Waals surface area contributed by atoms with Crippen LogP contribution in [0.3, 0.4) is 0 Å². The Hall–Kier alpha value is -2.15. The molecule has 25 heavy (non-hydrogen) atoms. The van der Waals surface area contributed by atoms with E-state index in [0.717, 1.165) is 19.2 Å². The molecule has 1 aromatic carbocycles. The summed E-state index contributed by atoms with van der Waals surface area (Å²) in [4.78, 5) is 14.2. The second-order valence-corrected chi connectivity index (χ2v) is 6.12. The van der Waals surface area contributed by atoms with Crippen molar-refractivity contribution in [1.29, 1.82) is 5.26 Å². The largest absolute Gasteiger partial charge is 0.417 e. The van der Waals surface area contributed by atoms with Crippen molar-refractivity contribution in [3.05, 3.63) is 29.3 Å². The van der Waals surface area contributed by atoms with Gasteiger partial charge in [0.05, 0.1) is 17.2 Å². The van der Waals surface area contributed by atoms with Crippen LogP contribution in [0.4, 0.5) is 18.9 Å². The van der Waals surface area contributed by atoms with Crippen molar-refractivity contribution >= 4 is 11.6 Å². The zero-order valence-electron chi connectivity index (χ0n) is 13.7. The lowest BCUT2D eigenvalue weighted by molar-refractivity contribution is -0.138. The third kappa shape index (κ3) is 4.92. The number of anilines is 1. The van der Waals surface area contributed by atoms with Crippen molar-refractivity contribution in [2.24, 2.45) is 0 Å². The number of aliphatic hydroxyl groups is 1. The molecule has 0 spiro atoms. The number of nitrogens with zero attached hydrogens (tertiary/aromatic N) is 2. The van der Waals surface area contributed by atoms with Crippen molar-refractivity contribution in [3.8, 4) is 6.07 Å². The van der Waals surface area contributed by atoms with E-state index in [0.29, 0.717) is 19.2 Å². The second kappa shape index (κ2) is 7.39. The van der Waals surface area contributed by atoms with Crippen molar-refractivity contribution < 1.29 is 23.1 Å². The van der Waals surface area contributed by atoms with Crippen molar-refractivity contribution in [2.75, 3.05) is 38.0 Å². The number of nitriles is 1. The average Bonchev–Trinajstić information content (AvgIpc) is 2.54. The highest BCUT2D eigenvalue weighted by molar-refractivity contribution is 5.97. The van der Waals surface area contributed by atoms with Crippen molar-refractivity contribution in [3.63, 3.8) is 0 Å². The topological polar surface area (TPSA) is 88.4 Å². The Morgan fingerprint density at radius 2 is 2.04 bits per heavy atom. The number of carbonyl (C=O) groups excluding carboxylic acids is 1. The summed E-state index contributed by atoms with van der Waals surface area (Å²) in [5.41, 5.74) is -3.55. The molecule has 3 N–H and O–H groups in total. The third-order valence-electron chi connectivity index (χ3n) is 3.93. The maximum absolute atomic E-state index is 13.0. The molecule has 0 aromatic heterocycles. The molecule has 0 radical (unpaired) electrons. The van der Waals surface area contributed by atoms with E-state index in [1.54, 1.807) is 0 Å². The average molecular weight is 356 g/mol. The van der Waals surface area contributed by atoms with Crippen LogP contribution in [0.1, 0.15) is 18.1 Å². The van der Waals surface area contributed by atoms with Crippen LogP contribution in [0.5, 0.6) is 0 Å². The smallest absolute Gasteiger partial charge is 0.379 e. The number of halogens is 3. The number of hydrogen-bond acceptors (Lipinski definition) is 5. The van der Waals surface area contributed by atoms with E-state index < -0.39 is 28.8 Å². The molecule has 1 aliphatic heterocycles. The summed E-state index contributed by atoms with van der Waals surface area (Å²) in [6.45, 7) is 4.20. The molecule has 1 aliphatic rings. The van der Waals surface area contributed by atoms with Gasteiger partial charge in [0.15, 0.2) is 5.60 Å². The van der Waals surface area contributed by atoms with Gasteiger partial charge in [-0.3, -0.25) is 9.69 Å². The minimum Gasteiger partial charge on any atom is -0.379 e. The predicted octanol–water partition coefficient (Wildman–Crippen LogP) is 1.17. The summed E-state index contributed by atoms with van der Waals surface area (Å²) in [6, 6.07) is 4.35. The Morgan fingerprint density at radius 3 is 2.60 bits per heavy atom. The van der Waals surface area contributed by atoms with Gasteiger partial charge >= 0.3 is 6.18 Å². The molecule has 1 amide bonds. The standard InChI is InChI=1S/C16H19F3N4O2/c1-15(25,10-23-6-4-21-5-7-23)14(24)22-12-3-2-11(9-20)13(8-12)16(17,18)19/h2-3,8,21,25H,4-7,10H2,1H3,(H,22,24). The Labute approximate surface area is 143 Å². The molecule has 1 aromatic rings. The third-order valence-corrected chi connectivity index (χ3v) is 3.93. The van der Waals surface area contributed by atoms with Gasteiger partial charge in [-0.05, 0) is 25.1 Å². The predicted molar refractivity (Wildman–Crippen MR) is 84.7 cm³/mol. The van der Waals surface area contributed by atoms with E-state index in [9.17, 15) is 23.1 Å². The number of rotatable bonds is 4. The molecule has 0 saturated carbocycles. The second-order valence-electron chi connectivity index (χ2n) is 6.12. The first kappa shape index (κ1) is 19.2. The lowest BCUT2D eigenvalue weighted by atomic mass is 10.0. The summed E-state index contributed by atoms with van der Waals surface area (Å²) in [6.07, 6.45) is -4.71. The van der Waals surface area contributed by atoms with E-state index >= 15 is 0 Å². The summed E-state index contributed by atoms with van der Waals surface area (Å²) < 4.78 is 38.9. The molecule has 1 fully saturated rings. The van der Waals surface area contributed by atoms with Gasteiger partial charge in [0.2, 0.25) is 0 Å². The number of benzene rings is 1. The first-order valence-corrected chi connectivity index (χ1v) is 7.72. The zero-order chi connectivity index (χ0) is 18.7. The Kier molecular flexibility index (Phi) is 5.67. The molecule has 136 valence electrons. The first-order chi connectivity index (χ1) is 11.6. The Bertz CT molecular complexity index is 677. The van der Waals surface area contributed by atoms with Gasteiger partial charge in [-0.25, -0.2) is 0 Å². The quantitative estimate of drug-likeness (QED) is 0.754. The van der Waals surface area contributed by atoms with Crippen LogP contribution in [0.25, 0.3) is 0 Å². The highest BCUT2D eigenvalue weighted by atomic mass is 19.4. The van der Waals surface area contributed by atoms with Gasteiger partial charge in [-0.1, -0.05) is 0 Å². The fourth-order valence-electron chi connectivity index (χ4n) is 2.60. The van der Waals surface area contributed by atoms with Crippen LogP contribution in [-0.2, 0) is 11.0 Å². The zero-order valence-corrected chi connectivity index (χ0v) is 13.7. The number of β-amino-alcohol motifs (C(OH)–C–C–N with tert-alkyl or cyclic N) is 1. The van der Waals surface area contributed by atoms with E-state index in [2.05, 4.69) is 10.6 Å².